The summed E-state index contributed by atoms with van der Waals surface area (Å²) in [6.45, 7) is 29.1. The summed E-state index contributed by atoms with van der Waals surface area (Å²) in [7, 11) is 13.4. The first kappa shape index (κ1) is 98.9. The number of Topliss-reactive ketones (excluding diaryl/α,β-unsaturated/α-hetero) is 1. The normalized spacial score (nSPS) is 16.9. The zero-order chi connectivity index (χ0) is 84.0. The predicted molar refractivity (Wildman–Crippen MR) is 427 cm³/mol. The van der Waals surface area contributed by atoms with E-state index in [1.165, 1.54) is 68.8 Å². The minimum absolute atomic E-state index is 0.0104. The number of hydrogen-bond donors (Lipinski definition) is 9. The summed E-state index contributed by atoms with van der Waals surface area (Å²) in [4.78, 5) is 183. The summed E-state index contributed by atoms with van der Waals surface area (Å²) in [6, 6.07) is -3.31. The molecule has 0 aliphatic carbocycles. The van der Waals surface area contributed by atoms with Gasteiger partial charge in [0.15, 0.2) is 5.78 Å². The van der Waals surface area contributed by atoms with Crippen LogP contribution in [-0.4, -0.2) is 306 Å². The van der Waals surface area contributed by atoms with E-state index in [1.54, 1.807) is 62.6 Å². The number of aliphatic hydroxyl groups is 3. The van der Waals surface area contributed by atoms with Gasteiger partial charge < -0.3 is 81.5 Å². The van der Waals surface area contributed by atoms with Crippen molar-refractivity contribution in [3.8, 4) is 0 Å². The molecule has 3 unspecified atom stereocenters. The molecular formula is C81H144N14O15. The Morgan fingerprint density at radius 3 is 1.55 bits per heavy atom. The number of nitrogens with one attached hydrogen (secondary N) is 6. The highest BCUT2D eigenvalue weighted by atomic mass is 16.3. The van der Waals surface area contributed by atoms with Crippen molar-refractivity contribution < 1.29 is 72.9 Å². The van der Waals surface area contributed by atoms with Gasteiger partial charge in [-0.15, -0.1) is 0 Å². The van der Waals surface area contributed by atoms with E-state index in [0.29, 0.717) is 58.2 Å². The lowest BCUT2D eigenvalue weighted by Crippen LogP contribution is -2.63. The lowest BCUT2D eigenvalue weighted by molar-refractivity contribution is -0.154. The van der Waals surface area contributed by atoms with Gasteiger partial charge in [-0.05, 0) is 145 Å². The van der Waals surface area contributed by atoms with E-state index in [-0.39, 0.29) is 92.0 Å². The average Bonchev–Trinajstić information content (AvgIpc) is 1.24. The van der Waals surface area contributed by atoms with Gasteiger partial charge in [0.25, 0.3) is 0 Å². The van der Waals surface area contributed by atoms with Crippen LogP contribution in [-0.2, 0) is 64.0 Å². The van der Waals surface area contributed by atoms with Gasteiger partial charge in [0.2, 0.25) is 65.0 Å². The molecule has 0 radical (unpaired) electrons. The molecule has 1 aromatic rings. The molecule has 1 heterocycles. The lowest BCUT2D eigenvalue weighted by Gasteiger charge is -2.39. The second kappa shape index (κ2) is 48.0. The van der Waals surface area contributed by atoms with Gasteiger partial charge in [-0.25, -0.2) is 0 Å². The Morgan fingerprint density at radius 1 is 0.518 bits per heavy atom. The number of β-amino-alcohol motifs (C(OH)–C–C–N with tert-alkyl or cyclic N) is 1. The van der Waals surface area contributed by atoms with Crippen LogP contribution in [0.4, 0.5) is 0 Å². The zero-order valence-electron chi connectivity index (χ0n) is 71.4. The molecule has 14 atom stereocenters. The van der Waals surface area contributed by atoms with Crippen molar-refractivity contribution in [2.45, 2.75) is 273 Å². The largest absolute Gasteiger partial charge is 0.394 e. The lowest BCUT2D eigenvalue weighted by atomic mass is 9.94. The second-order valence-electron chi connectivity index (χ2n) is 33.4. The van der Waals surface area contributed by atoms with E-state index in [9.17, 15) is 63.3 Å². The molecule has 1 aliphatic rings. The van der Waals surface area contributed by atoms with Crippen LogP contribution in [0.3, 0.4) is 0 Å². The minimum Gasteiger partial charge on any atom is -0.394 e. The van der Waals surface area contributed by atoms with E-state index >= 15 is 9.59 Å². The summed E-state index contributed by atoms with van der Waals surface area (Å²) in [5.74, 6) is -8.88. The van der Waals surface area contributed by atoms with Gasteiger partial charge >= 0.3 is 0 Å². The second-order valence-corrected chi connectivity index (χ2v) is 33.4. The average molecular weight is 1550 g/mol. The minimum atomic E-state index is -1.62. The third-order valence-corrected chi connectivity index (χ3v) is 21.1. The van der Waals surface area contributed by atoms with E-state index in [4.69, 9.17) is 0 Å². The summed E-state index contributed by atoms with van der Waals surface area (Å²) >= 11 is 0. The van der Waals surface area contributed by atoms with Crippen LogP contribution >= 0.6 is 0 Å². The molecule has 1 saturated heterocycles. The molecule has 0 spiro atoms. The first-order valence-electron chi connectivity index (χ1n) is 40.0. The third kappa shape index (κ3) is 30.1. The summed E-state index contributed by atoms with van der Waals surface area (Å²) < 4.78 is 0. The van der Waals surface area contributed by atoms with Crippen molar-refractivity contribution >= 4 is 70.8 Å². The number of nitrogens with zero attached hydrogens (tertiary/aromatic N) is 8. The summed E-state index contributed by atoms with van der Waals surface area (Å²) in [5.41, 5.74) is 1.08. The molecule has 1 fully saturated rings. The van der Waals surface area contributed by atoms with Crippen molar-refractivity contribution in [3.05, 3.63) is 35.9 Å². The number of hydrogen-bond acceptors (Lipinski definition) is 18. The molecule has 110 heavy (non-hydrogen) atoms. The molecule has 29 heteroatoms. The number of carbonyl (C=O) groups excluding carboxylic acids is 12. The molecule has 0 aromatic heterocycles. The Morgan fingerprint density at radius 2 is 1.05 bits per heavy atom. The van der Waals surface area contributed by atoms with Crippen LogP contribution < -0.4 is 31.9 Å². The smallest absolute Gasteiger partial charge is 0.248 e. The number of amides is 11. The number of aliphatic hydroxyl groups excluding tert-OH is 3. The van der Waals surface area contributed by atoms with Gasteiger partial charge in [-0.1, -0.05) is 134 Å². The molecule has 628 valence electrons. The van der Waals surface area contributed by atoms with Crippen LogP contribution in [0.25, 0.3) is 0 Å². The number of benzene rings is 1. The molecule has 9 N–H and O–H groups in total. The molecule has 1 aliphatic heterocycles. The number of likely N-dealkylation sites (N-methyl/N-ethyl adjacent to an activating group) is 8. The van der Waals surface area contributed by atoms with Crippen molar-refractivity contribution in [2.75, 3.05) is 96.2 Å². The standard InChI is InChI=1S/C81H144N14O15/c1-26-57(85-75(104)70(71(100)54(14)15)94(25)81(110)69(53(12)13)93(24)67(99)38-37-48(2)3)77(106)92(23)64(47-96)79(108)89(20)62(42-50(6)7)74(103)87-68(52(10)11)80(109)90(21)61(41-49(4)5)73(102)86-58(72(101)84-55(16)76(105)91(22)63(43-51(8)9)78(107)88(18)19)35-30-31-39-83-45-65(97)60-36-32-40-95(60)46-66(98)59(82-17)44-56-33-28-27-29-34-56/h27-29,33-34,48-55,57-64,66,68-71,82-83,96,98,100H,26,30-32,35-47H2,1-25H3,(H,84,101)(H,85,104)(H,86,102)(H,87,103)/t55-,57+,58+,59?,60?,61+,62-,63+,64+,66?,68+,69+,70-,71+/m0/s1. The first-order chi connectivity index (χ1) is 51.3. The topological polar surface area (TPSA) is 364 Å². The Kier molecular flexibility index (Phi) is 43.2. The van der Waals surface area contributed by atoms with Gasteiger partial charge in [-0.3, -0.25) is 62.4 Å². The highest BCUT2D eigenvalue weighted by Crippen LogP contribution is 2.25. The fourth-order valence-electron chi connectivity index (χ4n) is 14.1. The Balaban J connectivity index is 2.50. The highest BCUT2D eigenvalue weighted by Gasteiger charge is 2.45. The van der Waals surface area contributed by atoms with Crippen LogP contribution in [0, 0.1) is 41.4 Å². The van der Waals surface area contributed by atoms with Gasteiger partial charge in [0.05, 0.1) is 31.4 Å². The Hall–Kier alpha value is -7.18. The SMILES string of the molecule is CC[C@@H](NC(=O)[C@H]([C@H](O)C(C)C)N(C)C(=O)[C@@H](C(C)C)N(C)C(=O)CCC(C)C)C(=O)N(C)[C@H](CO)C(=O)N(C)[C@@H](CC(C)C)C(=O)N[C@@H](C(=O)N(C)[C@H](CC(C)C)C(=O)N[C@H](CCCCNCC(=O)C1CCCN1CC(O)C(Cc1ccccc1)NC)C(=O)N[C@@H](C)C(=O)N(C)[C@H](CC(C)C)C(=O)N(C)C)C(C)C. The van der Waals surface area contributed by atoms with Crippen LogP contribution in [0.5, 0.6) is 0 Å². The number of carbonyl (C=O) groups is 12. The van der Waals surface area contributed by atoms with Crippen LogP contribution in [0.1, 0.15) is 187 Å². The highest BCUT2D eigenvalue weighted by molar-refractivity contribution is 5.99. The molecular weight excluding hydrogens is 1410 g/mol. The first-order valence-corrected chi connectivity index (χ1v) is 40.0. The van der Waals surface area contributed by atoms with Crippen molar-refractivity contribution in [3.63, 3.8) is 0 Å². The van der Waals surface area contributed by atoms with Crippen molar-refractivity contribution in [1.82, 2.24) is 71.1 Å². The molecule has 11 amide bonds. The number of likely N-dealkylation sites (tertiary alicyclic amines) is 1. The summed E-state index contributed by atoms with van der Waals surface area (Å²) in [6.07, 6.45) is 2.04. The maximum atomic E-state index is 15.1. The predicted octanol–water partition coefficient (Wildman–Crippen LogP) is 3.29. The maximum absolute atomic E-state index is 15.1. The van der Waals surface area contributed by atoms with Crippen molar-refractivity contribution in [1.29, 1.82) is 0 Å². The fraction of sp³-hybridized carbons (Fsp3) is 0.778. The Labute approximate surface area is 657 Å². The molecule has 1 aromatic carbocycles. The number of rotatable bonds is 49. The van der Waals surface area contributed by atoms with E-state index in [0.717, 1.165) is 26.7 Å². The fourth-order valence-corrected chi connectivity index (χ4v) is 14.1. The maximum Gasteiger partial charge on any atom is 0.248 e. The molecule has 0 saturated carbocycles. The van der Waals surface area contributed by atoms with E-state index < -0.39 is 150 Å². The zero-order valence-corrected chi connectivity index (χ0v) is 71.4. The molecule has 0 bridgehead atoms. The van der Waals surface area contributed by atoms with Crippen molar-refractivity contribution in [2.24, 2.45) is 41.4 Å². The molecule has 29 nitrogen and oxygen atoms in total. The summed E-state index contributed by atoms with van der Waals surface area (Å²) in [5, 5.41) is 51.6. The van der Waals surface area contributed by atoms with E-state index in [2.05, 4.69) is 31.9 Å². The van der Waals surface area contributed by atoms with E-state index in [1.807, 2.05) is 97.7 Å². The van der Waals surface area contributed by atoms with Gasteiger partial charge in [0.1, 0.15) is 60.4 Å². The van der Waals surface area contributed by atoms with Crippen LogP contribution in [0.15, 0.2) is 30.3 Å². The van der Waals surface area contributed by atoms with Gasteiger partial charge in [0, 0.05) is 75.4 Å². The third-order valence-electron chi connectivity index (χ3n) is 21.1. The van der Waals surface area contributed by atoms with Crippen LogP contribution in [0.2, 0.25) is 0 Å². The Bertz CT molecular complexity index is 3100. The number of ketones is 1. The monoisotopic (exact) mass is 1550 g/mol. The molecule has 2 rings (SSSR count). The van der Waals surface area contributed by atoms with Gasteiger partial charge in [-0.2, -0.15) is 0 Å². The quantitative estimate of drug-likeness (QED) is 0.0423. The number of unbranched alkanes of at least 4 members (excludes halogenated alkanes) is 1.